The van der Waals surface area contributed by atoms with Crippen LogP contribution in [0.5, 0.6) is 0 Å². The van der Waals surface area contributed by atoms with Gasteiger partial charge in [-0.3, -0.25) is 4.79 Å². The fourth-order valence-corrected chi connectivity index (χ4v) is 2.84. The van der Waals surface area contributed by atoms with Crippen molar-refractivity contribution in [1.82, 2.24) is 0 Å². The third-order valence-corrected chi connectivity index (χ3v) is 4.07. The highest BCUT2D eigenvalue weighted by atomic mass is 16.2. The first-order valence-electron chi connectivity index (χ1n) is 8.62. The molecule has 1 N–H and O–H groups in total. The zero-order valence-corrected chi connectivity index (χ0v) is 15.2. The summed E-state index contributed by atoms with van der Waals surface area (Å²) in [5.41, 5.74) is 3.42. The number of carbonyl (C=O) groups is 1. The molecule has 0 fully saturated rings. The maximum atomic E-state index is 12.5. The summed E-state index contributed by atoms with van der Waals surface area (Å²) < 4.78 is 0. The molecule has 2 aromatic rings. The average Bonchev–Trinajstić information content (AvgIpc) is 2.56. The molecule has 0 radical (unpaired) electrons. The van der Waals surface area contributed by atoms with Crippen molar-refractivity contribution in [2.24, 2.45) is 0 Å². The molecule has 0 aliphatic rings. The molecule has 0 atom stereocenters. The van der Waals surface area contributed by atoms with E-state index in [-0.39, 0.29) is 11.3 Å². The van der Waals surface area contributed by atoms with E-state index in [0.29, 0.717) is 19.5 Å². The van der Waals surface area contributed by atoms with Crippen molar-refractivity contribution in [3.63, 3.8) is 0 Å². The molecule has 0 aliphatic carbocycles. The minimum Gasteiger partial charge on any atom is -0.384 e. The fraction of sp³-hybridized carbons (Fsp3) is 0.381. The summed E-state index contributed by atoms with van der Waals surface area (Å²) in [4.78, 5) is 14.4. The van der Waals surface area contributed by atoms with Crippen LogP contribution in [0, 0.1) is 0 Å². The van der Waals surface area contributed by atoms with Gasteiger partial charge in [0, 0.05) is 30.9 Å². The molecule has 0 spiro atoms. The Morgan fingerprint density at radius 3 is 2.25 bits per heavy atom. The van der Waals surface area contributed by atoms with Gasteiger partial charge in [0.1, 0.15) is 0 Å². The van der Waals surface area contributed by atoms with Gasteiger partial charge in [-0.15, -0.1) is 0 Å². The number of amides is 1. The van der Waals surface area contributed by atoms with Crippen LogP contribution in [-0.2, 0) is 10.2 Å². The summed E-state index contributed by atoms with van der Waals surface area (Å²) >= 11 is 0. The van der Waals surface area contributed by atoms with Gasteiger partial charge >= 0.3 is 0 Å². The lowest BCUT2D eigenvalue weighted by atomic mass is 9.86. The summed E-state index contributed by atoms with van der Waals surface area (Å²) in [7, 11) is 0. The van der Waals surface area contributed by atoms with Crippen LogP contribution in [0.25, 0.3) is 0 Å². The fourth-order valence-electron chi connectivity index (χ4n) is 2.84. The summed E-state index contributed by atoms with van der Waals surface area (Å²) in [6, 6.07) is 18.2. The van der Waals surface area contributed by atoms with Gasteiger partial charge in [0.05, 0.1) is 0 Å². The van der Waals surface area contributed by atoms with Crippen molar-refractivity contribution in [3.05, 3.63) is 60.2 Å². The van der Waals surface area contributed by atoms with Gasteiger partial charge in [-0.2, -0.15) is 0 Å². The van der Waals surface area contributed by atoms with Crippen LogP contribution in [0.1, 0.15) is 39.7 Å². The quantitative estimate of drug-likeness (QED) is 0.824. The molecule has 3 nitrogen and oxygen atoms in total. The molecule has 1 amide bonds. The molecular formula is C21H28N2O. The van der Waals surface area contributed by atoms with Gasteiger partial charge in [-0.25, -0.2) is 0 Å². The van der Waals surface area contributed by atoms with E-state index in [1.54, 1.807) is 0 Å². The Labute approximate surface area is 145 Å². The Hall–Kier alpha value is -2.29. The van der Waals surface area contributed by atoms with Gasteiger partial charge in [0.2, 0.25) is 5.91 Å². The first-order chi connectivity index (χ1) is 11.4. The summed E-state index contributed by atoms with van der Waals surface area (Å²) in [5.74, 6) is 0.143. The topological polar surface area (TPSA) is 32.3 Å². The molecule has 0 bridgehead atoms. The van der Waals surface area contributed by atoms with Crippen molar-refractivity contribution in [3.8, 4) is 0 Å². The standard InChI is InChI=1S/C21H28N2O/c1-5-23(17-11-7-6-8-12-17)20(24)15-16-22-19-14-10-9-13-18(19)21(2,3)4/h6-14,22H,5,15-16H2,1-4H3. The molecule has 2 rings (SSSR count). The second-order valence-corrected chi connectivity index (χ2v) is 6.95. The van der Waals surface area contributed by atoms with Crippen molar-refractivity contribution in [1.29, 1.82) is 0 Å². The molecule has 0 saturated carbocycles. The van der Waals surface area contributed by atoms with Gasteiger partial charge in [0.15, 0.2) is 0 Å². The van der Waals surface area contributed by atoms with Crippen LogP contribution in [0.15, 0.2) is 54.6 Å². The predicted molar refractivity (Wildman–Crippen MR) is 103 cm³/mol. The number of para-hydroxylation sites is 2. The Morgan fingerprint density at radius 2 is 1.62 bits per heavy atom. The third kappa shape index (κ3) is 4.60. The van der Waals surface area contributed by atoms with Crippen LogP contribution in [-0.4, -0.2) is 19.0 Å². The Morgan fingerprint density at radius 1 is 1.00 bits per heavy atom. The highest BCUT2D eigenvalue weighted by Gasteiger charge is 2.18. The lowest BCUT2D eigenvalue weighted by Gasteiger charge is -2.24. The van der Waals surface area contributed by atoms with E-state index in [2.05, 4.69) is 44.3 Å². The second-order valence-electron chi connectivity index (χ2n) is 6.95. The molecule has 0 aromatic heterocycles. The first-order valence-corrected chi connectivity index (χ1v) is 8.62. The number of carbonyl (C=O) groups excluding carboxylic acids is 1. The number of benzene rings is 2. The SMILES string of the molecule is CCN(C(=O)CCNc1ccccc1C(C)(C)C)c1ccccc1. The number of rotatable bonds is 6. The normalized spacial score (nSPS) is 11.2. The number of nitrogens with one attached hydrogen (secondary N) is 1. The molecular weight excluding hydrogens is 296 g/mol. The largest absolute Gasteiger partial charge is 0.384 e. The van der Waals surface area contributed by atoms with Crippen molar-refractivity contribution >= 4 is 17.3 Å². The zero-order valence-electron chi connectivity index (χ0n) is 15.2. The maximum absolute atomic E-state index is 12.5. The number of anilines is 2. The molecule has 0 unspecified atom stereocenters. The Balaban J connectivity index is 1.98. The van der Waals surface area contributed by atoms with E-state index in [1.807, 2.05) is 48.2 Å². The van der Waals surface area contributed by atoms with Crippen LogP contribution >= 0.6 is 0 Å². The number of hydrogen-bond donors (Lipinski definition) is 1. The summed E-state index contributed by atoms with van der Waals surface area (Å²) in [6.07, 6.45) is 0.473. The van der Waals surface area contributed by atoms with Gasteiger partial charge in [0.25, 0.3) is 0 Å². The van der Waals surface area contributed by atoms with Gasteiger partial charge in [-0.05, 0) is 36.1 Å². The molecule has 0 aliphatic heterocycles. The maximum Gasteiger partial charge on any atom is 0.228 e. The van der Waals surface area contributed by atoms with Crippen LogP contribution in [0.4, 0.5) is 11.4 Å². The van der Waals surface area contributed by atoms with Gasteiger partial charge < -0.3 is 10.2 Å². The van der Waals surface area contributed by atoms with Crippen molar-refractivity contribution < 1.29 is 4.79 Å². The number of hydrogen-bond acceptors (Lipinski definition) is 2. The molecule has 0 heterocycles. The van der Waals surface area contributed by atoms with E-state index in [1.165, 1.54) is 5.56 Å². The Kier molecular flexibility index (Phi) is 6.02. The lowest BCUT2D eigenvalue weighted by molar-refractivity contribution is -0.118. The molecule has 128 valence electrons. The molecule has 2 aromatic carbocycles. The van der Waals surface area contributed by atoms with Gasteiger partial charge in [-0.1, -0.05) is 57.2 Å². The number of nitrogens with zero attached hydrogens (tertiary/aromatic N) is 1. The lowest BCUT2D eigenvalue weighted by Crippen LogP contribution is -2.32. The minimum absolute atomic E-state index is 0.0765. The smallest absolute Gasteiger partial charge is 0.228 e. The van der Waals surface area contributed by atoms with Crippen LogP contribution in [0.3, 0.4) is 0 Å². The molecule has 3 heteroatoms. The summed E-state index contributed by atoms with van der Waals surface area (Å²) in [5, 5.41) is 3.43. The highest BCUT2D eigenvalue weighted by molar-refractivity contribution is 5.93. The summed E-state index contributed by atoms with van der Waals surface area (Å²) in [6.45, 7) is 9.93. The monoisotopic (exact) mass is 324 g/mol. The van der Waals surface area contributed by atoms with Crippen LogP contribution < -0.4 is 10.2 Å². The van der Waals surface area contributed by atoms with Crippen LogP contribution in [0.2, 0.25) is 0 Å². The first kappa shape index (κ1) is 18.1. The van der Waals surface area contributed by atoms with E-state index >= 15 is 0 Å². The van der Waals surface area contributed by atoms with Crippen molar-refractivity contribution in [2.45, 2.75) is 39.5 Å². The Bertz CT molecular complexity index is 659. The highest BCUT2D eigenvalue weighted by Crippen LogP contribution is 2.29. The van der Waals surface area contributed by atoms with E-state index in [4.69, 9.17) is 0 Å². The average molecular weight is 324 g/mol. The molecule has 0 saturated heterocycles. The zero-order chi connectivity index (χ0) is 17.6. The predicted octanol–water partition coefficient (Wildman–Crippen LogP) is 4.84. The van der Waals surface area contributed by atoms with E-state index in [9.17, 15) is 4.79 Å². The van der Waals surface area contributed by atoms with Crippen molar-refractivity contribution in [2.75, 3.05) is 23.3 Å². The molecule has 24 heavy (non-hydrogen) atoms. The van der Waals surface area contributed by atoms with E-state index in [0.717, 1.165) is 11.4 Å². The minimum atomic E-state index is 0.0765. The second kappa shape index (κ2) is 8.00. The van der Waals surface area contributed by atoms with E-state index < -0.39 is 0 Å². The third-order valence-electron chi connectivity index (χ3n) is 4.07.